The summed E-state index contributed by atoms with van der Waals surface area (Å²) >= 11 is 0. The van der Waals surface area contributed by atoms with E-state index < -0.39 is 5.97 Å². The van der Waals surface area contributed by atoms with E-state index in [1.807, 2.05) is 6.07 Å². The van der Waals surface area contributed by atoms with Crippen LogP contribution in [0.15, 0.2) is 24.3 Å². The van der Waals surface area contributed by atoms with Crippen molar-refractivity contribution in [2.24, 2.45) is 11.8 Å². The highest BCUT2D eigenvalue weighted by Crippen LogP contribution is 2.36. The molecule has 1 aromatic carbocycles. The Morgan fingerprint density at radius 2 is 2.31 bits per heavy atom. The highest BCUT2D eigenvalue weighted by Gasteiger charge is 2.27. The maximum absolute atomic E-state index is 10.8. The van der Waals surface area contributed by atoms with E-state index in [1.54, 1.807) is 18.2 Å². The van der Waals surface area contributed by atoms with Gasteiger partial charge < -0.3 is 10.4 Å². The lowest BCUT2D eigenvalue weighted by atomic mass is 10.1. The van der Waals surface area contributed by atoms with Gasteiger partial charge in [0, 0.05) is 12.2 Å². The Labute approximate surface area is 95.5 Å². The summed E-state index contributed by atoms with van der Waals surface area (Å²) in [6.45, 7) is 3.17. The molecule has 3 nitrogen and oxygen atoms in total. The van der Waals surface area contributed by atoms with E-state index in [4.69, 9.17) is 5.11 Å². The molecule has 2 N–H and O–H groups in total. The Kier molecular flexibility index (Phi) is 3.13. The number of anilines is 1. The molecule has 16 heavy (non-hydrogen) atoms. The van der Waals surface area contributed by atoms with Gasteiger partial charge in [-0.1, -0.05) is 13.0 Å². The van der Waals surface area contributed by atoms with Crippen LogP contribution in [0.1, 0.15) is 30.1 Å². The van der Waals surface area contributed by atoms with E-state index in [0.717, 1.165) is 18.2 Å². The summed E-state index contributed by atoms with van der Waals surface area (Å²) in [5.41, 5.74) is 1.23. The zero-order valence-corrected chi connectivity index (χ0v) is 9.44. The predicted octanol–water partition coefficient (Wildman–Crippen LogP) is 2.84. The number of hydrogen-bond donors (Lipinski definition) is 2. The van der Waals surface area contributed by atoms with Crippen LogP contribution in [-0.4, -0.2) is 17.6 Å². The maximum Gasteiger partial charge on any atom is 0.335 e. The number of carbonyl (C=O) groups is 1. The molecule has 0 saturated heterocycles. The summed E-state index contributed by atoms with van der Waals surface area (Å²) < 4.78 is 0. The molecule has 1 fully saturated rings. The van der Waals surface area contributed by atoms with E-state index >= 15 is 0 Å². The number of hydrogen-bond acceptors (Lipinski definition) is 2. The first-order valence-corrected chi connectivity index (χ1v) is 5.74. The van der Waals surface area contributed by atoms with E-state index in [-0.39, 0.29) is 0 Å². The van der Waals surface area contributed by atoms with Crippen LogP contribution in [0.5, 0.6) is 0 Å². The summed E-state index contributed by atoms with van der Waals surface area (Å²) in [4.78, 5) is 10.8. The van der Waals surface area contributed by atoms with Gasteiger partial charge in [-0.15, -0.1) is 0 Å². The molecule has 86 valence electrons. The molecule has 0 aliphatic heterocycles. The molecular weight excluding hydrogens is 202 g/mol. The largest absolute Gasteiger partial charge is 0.478 e. The Balaban J connectivity index is 1.92. The van der Waals surface area contributed by atoms with Crippen LogP contribution in [0.4, 0.5) is 5.69 Å². The van der Waals surface area contributed by atoms with Crippen molar-refractivity contribution in [1.82, 2.24) is 0 Å². The van der Waals surface area contributed by atoms with Gasteiger partial charge in [0.15, 0.2) is 0 Å². The lowest BCUT2D eigenvalue weighted by molar-refractivity contribution is 0.0697. The third-order valence-electron chi connectivity index (χ3n) is 3.16. The minimum absolute atomic E-state index is 0.337. The number of benzene rings is 1. The molecule has 1 unspecified atom stereocenters. The topological polar surface area (TPSA) is 49.3 Å². The number of aromatic carboxylic acids is 1. The number of nitrogens with one attached hydrogen (secondary N) is 1. The molecule has 1 saturated carbocycles. The van der Waals surface area contributed by atoms with Crippen molar-refractivity contribution >= 4 is 11.7 Å². The molecule has 0 aromatic heterocycles. The molecule has 3 heteroatoms. The first-order chi connectivity index (χ1) is 7.66. The number of carboxylic acids is 1. The summed E-state index contributed by atoms with van der Waals surface area (Å²) in [5.74, 6) is 0.669. The second kappa shape index (κ2) is 4.56. The Morgan fingerprint density at radius 3 is 2.94 bits per heavy atom. The van der Waals surface area contributed by atoms with Crippen molar-refractivity contribution in [1.29, 1.82) is 0 Å². The summed E-state index contributed by atoms with van der Waals surface area (Å²) in [7, 11) is 0. The van der Waals surface area contributed by atoms with Crippen molar-refractivity contribution in [3.05, 3.63) is 29.8 Å². The summed E-state index contributed by atoms with van der Waals surface area (Å²) in [5, 5.41) is 12.2. The van der Waals surface area contributed by atoms with Gasteiger partial charge in [-0.25, -0.2) is 4.79 Å². The zero-order valence-electron chi connectivity index (χ0n) is 9.44. The van der Waals surface area contributed by atoms with Gasteiger partial charge in [0.25, 0.3) is 0 Å². The molecule has 0 radical (unpaired) electrons. The summed E-state index contributed by atoms with van der Waals surface area (Å²) in [6.07, 6.45) is 2.69. The minimum atomic E-state index is -0.876. The molecule has 0 heterocycles. The van der Waals surface area contributed by atoms with Crippen molar-refractivity contribution in [3.8, 4) is 0 Å². The van der Waals surface area contributed by atoms with E-state index in [1.165, 1.54) is 12.8 Å². The Bertz CT molecular complexity index is 385. The maximum atomic E-state index is 10.8. The van der Waals surface area contributed by atoms with Gasteiger partial charge in [0.2, 0.25) is 0 Å². The highest BCUT2D eigenvalue weighted by molar-refractivity contribution is 5.88. The molecule has 1 aliphatic rings. The zero-order chi connectivity index (χ0) is 11.5. The molecule has 0 amide bonds. The van der Waals surface area contributed by atoms with Crippen LogP contribution in [0, 0.1) is 11.8 Å². The number of carboxylic acid groups (broad SMARTS) is 1. The molecule has 1 aliphatic carbocycles. The van der Waals surface area contributed by atoms with Crippen molar-refractivity contribution in [2.45, 2.75) is 19.8 Å². The van der Waals surface area contributed by atoms with Crippen molar-refractivity contribution in [3.63, 3.8) is 0 Å². The lowest BCUT2D eigenvalue weighted by Gasteiger charge is -2.12. The standard InChI is InChI=1S/C13H17NO2/c1-9(10-5-6-10)8-14-12-4-2-3-11(7-12)13(15)16/h2-4,7,9-10,14H,5-6,8H2,1H3,(H,15,16). The second-order valence-electron chi connectivity index (χ2n) is 4.58. The first-order valence-electron chi connectivity index (χ1n) is 5.74. The predicted molar refractivity (Wildman–Crippen MR) is 63.8 cm³/mol. The van der Waals surface area contributed by atoms with E-state index in [0.29, 0.717) is 11.5 Å². The van der Waals surface area contributed by atoms with Crippen molar-refractivity contribution < 1.29 is 9.90 Å². The fourth-order valence-electron chi connectivity index (χ4n) is 1.87. The molecule has 1 aromatic rings. The second-order valence-corrected chi connectivity index (χ2v) is 4.58. The Morgan fingerprint density at radius 1 is 1.56 bits per heavy atom. The highest BCUT2D eigenvalue weighted by atomic mass is 16.4. The van der Waals surface area contributed by atoms with E-state index in [9.17, 15) is 4.79 Å². The SMILES string of the molecule is CC(CNc1cccc(C(=O)O)c1)C1CC1. The third-order valence-corrected chi connectivity index (χ3v) is 3.16. The van der Waals surface area contributed by atoms with Gasteiger partial charge in [-0.3, -0.25) is 0 Å². The van der Waals surface area contributed by atoms with Gasteiger partial charge >= 0.3 is 5.97 Å². The van der Waals surface area contributed by atoms with Gasteiger partial charge in [-0.2, -0.15) is 0 Å². The Hall–Kier alpha value is -1.51. The summed E-state index contributed by atoms with van der Waals surface area (Å²) in [6, 6.07) is 6.97. The third kappa shape index (κ3) is 2.75. The quantitative estimate of drug-likeness (QED) is 0.800. The molecule has 1 atom stereocenters. The molecule has 0 bridgehead atoms. The smallest absolute Gasteiger partial charge is 0.335 e. The van der Waals surface area contributed by atoms with Crippen LogP contribution in [0.2, 0.25) is 0 Å². The lowest BCUT2D eigenvalue weighted by Crippen LogP contribution is -2.13. The van der Waals surface area contributed by atoms with Gasteiger partial charge in [0.1, 0.15) is 0 Å². The normalized spacial score (nSPS) is 16.8. The van der Waals surface area contributed by atoms with Crippen LogP contribution >= 0.6 is 0 Å². The van der Waals surface area contributed by atoms with Crippen LogP contribution < -0.4 is 5.32 Å². The van der Waals surface area contributed by atoms with Gasteiger partial charge in [0.05, 0.1) is 5.56 Å². The number of rotatable bonds is 5. The van der Waals surface area contributed by atoms with Gasteiger partial charge in [-0.05, 0) is 42.9 Å². The first kappa shape index (κ1) is 11.0. The van der Waals surface area contributed by atoms with E-state index in [2.05, 4.69) is 12.2 Å². The molecular formula is C13H17NO2. The monoisotopic (exact) mass is 219 g/mol. The van der Waals surface area contributed by atoms with Crippen LogP contribution in [-0.2, 0) is 0 Å². The molecule has 2 rings (SSSR count). The van der Waals surface area contributed by atoms with Crippen LogP contribution in [0.3, 0.4) is 0 Å². The van der Waals surface area contributed by atoms with Crippen LogP contribution in [0.25, 0.3) is 0 Å². The average molecular weight is 219 g/mol. The minimum Gasteiger partial charge on any atom is -0.478 e. The fraction of sp³-hybridized carbons (Fsp3) is 0.462. The average Bonchev–Trinajstić information content (AvgIpc) is 3.10. The fourth-order valence-corrected chi connectivity index (χ4v) is 1.87. The van der Waals surface area contributed by atoms with Crippen molar-refractivity contribution in [2.75, 3.05) is 11.9 Å². The molecule has 0 spiro atoms.